The lowest BCUT2D eigenvalue weighted by Crippen LogP contribution is -2.18. The highest BCUT2D eigenvalue weighted by molar-refractivity contribution is 7.80. The second-order valence-corrected chi connectivity index (χ2v) is 3.97. The Labute approximate surface area is 100 Å². The van der Waals surface area contributed by atoms with Gasteiger partial charge in [0, 0.05) is 0 Å². The molecule has 2 atom stereocenters. The molecule has 0 spiro atoms. The smallest absolute Gasteiger partial charge is 0.141 e. The number of hydrogen-bond donors (Lipinski definition) is 4. The van der Waals surface area contributed by atoms with Gasteiger partial charge in [0.1, 0.15) is 11.9 Å². The molecular formula is C11H17NO3S. The fourth-order valence-corrected chi connectivity index (χ4v) is 1.71. The molecular weight excluding hydrogens is 226 g/mol. The van der Waals surface area contributed by atoms with Gasteiger partial charge in [-0.3, -0.25) is 0 Å². The van der Waals surface area contributed by atoms with Crippen LogP contribution in [0.15, 0.2) is 18.2 Å². The summed E-state index contributed by atoms with van der Waals surface area (Å²) in [5, 5.41) is 19.4. The lowest BCUT2D eigenvalue weighted by molar-refractivity contribution is 0.0172. The van der Waals surface area contributed by atoms with Gasteiger partial charge in [-0.2, -0.15) is 12.6 Å². The third kappa shape index (κ3) is 3.04. The molecule has 0 aliphatic heterocycles. The summed E-state index contributed by atoms with van der Waals surface area (Å²) in [4.78, 5) is 0. The van der Waals surface area contributed by atoms with Crippen molar-refractivity contribution in [1.29, 1.82) is 0 Å². The number of hydrogen-bond acceptors (Lipinski definition) is 5. The van der Waals surface area contributed by atoms with Crippen molar-refractivity contribution in [3.63, 3.8) is 0 Å². The Balaban J connectivity index is 2.84. The highest BCUT2D eigenvalue weighted by Gasteiger charge is 2.18. The van der Waals surface area contributed by atoms with Crippen LogP contribution in [0.3, 0.4) is 0 Å². The Bertz CT molecular complexity index is 346. The zero-order valence-corrected chi connectivity index (χ0v) is 10.0. The third-order valence-electron chi connectivity index (χ3n) is 2.38. The Morgan fingerprint density at radius 3 is 2.62 bits per heavy atom. The molecule has 0 amide bonds. The number of thiol groups is 1. The molecule has 1 rings (SSSR count). The van der Waals surface area contributed by atoms with Gasteiger partial charge < -0.3 is 20.7 Å². The first-order valence-electron chi connectivity index (χ1n) is 5.00. The molecule has 0 aliphatic carbocycles. The van der Waals surface area contributed by atoms with E-state index < -0.39 is 12.2 Å². The van der Waals surface area contributed by atoms with Crippen LogP contribution >= 0.6 is 12.6 Å². The number of aliphatic hydroxyl groups excluding tert-OH is 2. The van der Waals surface area contributed by atoms with Crippen LogP contribution < -0.4 is 10.5 Å². The lowest BCUT2D eigenvalue weighted by Gasteiger charge is -2.18. The predicted molar refractivity (Wildman–Crippen MR) is 66.8 cm³/mol. The molecule has 2 unspecified atom stereocenters. The van der Waals surface area contributed by atoms with Gasteiger partial charge in [0.2, 0.25) is 0 Å². The van der Waals surface area contributed by atoms with Crippen LogP contribution in [-0.4, -0.2) is 29.2 Å². The molecule has 0 heterocycles. The fourth-order valence-electron chi connectivity index (χ4n) is 1.45. The molecule has 1 aromatic rings. The van der Waals surface area contributed by atoms with Crippen molar-refractivity contribution in [3.8, 4) is 5.75 Å². The number of anilines is 1. The number of methoxy groups -OCH3 is 1. The van der Waals surface area contributed by atoms with Gasteiger partial charge in [-0.15, -0.1) is 0 Å². The molecule has 1 aromatic carbocycles. The van der Waals surface area contributed by atoms with Gasteiger partial charge in [0.15, 0.2) is 0 Å². The maximum Gasteiger partial charge on any atom is 0.141 e. The Morgan fingerprint density at radius 2 is 2.12 bits per heavy atom. The van der Waals surface area contributed by atoms with Gasteiger partial charge in [-0.05, 0) is 29.9 Å². The summed E-state index contributed by atoms with van der Waals surface area (Å²) < 4.78 is 5.01. The van der Waals surface area contributed by atoms with E-state index >= 15 is 0 Å². The number of ether oxygens (including phenoxy) is 1. The first-order valence-corrected chi connectivity index (χ1v) is 5.63. The Hall–Kier alpha value is -0.910. The van der Waals surface area contributed by atoms with Crippen LogP contribution in [-0.2, 0) is 0 Å². The van der Waals surface area contributed by atoms with E-state index in [0.717, 1.165) is 0 Å². The monoisotopic (exact) mass is 243 g/mol. The van der Waals surface area contributed by atoms with Gasteiger partial charge in [-0.1, -0.05) is 6.07 Å². The molecule has 4 nitrogen and oxygen atoms in total. The second kappa shape index (κ2) is 5.98. The van der Waals surface area contributed by atoms with Crippen LogP contribution in [0.5, 0.6) is 5.75 Å². The zero-order valence-electron chi connectivity index (χ0n) is 9.13. The summed E-state index contributed by atoms with van der Waals surface area (Å²) in [5.41, 5.74) is 6.73. The van der Waals surface area contributed by atoms with Crippen molar-refractivity contribution in [1.82, 2.24) is 0 Å². The minimum absolute atomic E-state index is 0.427. The summed E-state index contributed by atoms with van der Waals surface area (Å²) in [6.07, 6.45) is -1.35. The summed E-state index contributed by atoms with van der Waals surface area (Å²) in [5.74, 6) is 1.07. The number of nitrogens with two attached hydrogens (primary N) is 1. The lowest BCUT2D eigenvalue weighted by atomic mass is 10.0. The molecule has 16 heavy (non-hydrogen) atoms. The Morgan fingerprint density at radius 1 is 1.44 bits per heavy atom. The maximum atomic E-state index is 9.83. The predicted octanol–water partition coefficient (Wildman–Crippen LogP) is 0.992. The SMILES string of the molecule is COc1ccc(C(O)C(O)CCS)cc1N. The van der Waals surface area contributed by atoms with E-state index in [0.29, 0.717) is 29.2 Å². The average molecular weight is 243 g/mol. The van der Waals surface area contributed by atoms with E-state index in [-0.39, 0.29) is 0 Å². The Kier molecular flexibility index (Phi) is 4.92. The van der Waals surface area contributed by atoms with Crippen LogP contribution in [0.25, 0.3) is 0 Å². The van der Waals surface area contributed by atoms with Gasteiger partial charge in [-0.25, -0.2) is 0 Å². The van der Waals surface area contributed by atoms with Crippen LogP contribution in [0.1, 0.15) is 18.1 Å². The maximum absolute atomic E-state index is 9.83. The minimum atomic E-state index is -0.944. The normalized spacial score (nSPS) is 14.5. The van der Waals surface area contributed by atoms with E-state index in [1.807, 2.05) is 0 Å². The molecule has 0 aromatic heterocycles. The van der Waals surface area contributed by atoms with Crippen molar-refractivity contribution in [2.45, 2.75) is 18.6 Å². The van der Waals surface area contributed by atoms with Crippen LogP contribution in [0.4, 0.5) is 5.69 Å². The number of benzene rings is 1. The number of nitrogen functional groups attached to an aromatic ring is 1. The topological polar surface area (TPSA) is 75.7 Å². The van der Waals surface area contributed by atoms with Gasteiger partial charge in [0.25, 0.3) is 0 Å². The van der Waals surface area contributed by atoms with Crippen molar-refractivity contribution in [2.75, 3.05) is 18.6 Å². The highest BCUT2D eigenvalue weighted by Crippen LogP contribution is 2.27. The molecule has 0 saturated carbocycles. The molecule has 0 fully saturated rings. The molecule has 0 saturated heterocycles. The number of rotatable bonds is 5. The van der Waals surface area contributed by atoms with Crippen molar-refractivity contribution in [2.24, 2.45) is 0 Å². The third-order valence-corrected chi connectivity index (χ3v) is 2.64. The van der Waals surface area contributed by atoms with E-state index in [2.05, 4.69) is 12.6 Å². The summed E-state index contributed by atoms with van der Waals surface area (Å²) >= 11 is 4.00. The standard InChI is InChI=1S/C11H17NO3S/c1-15-10-3-2-7(6-8(10)12)11(14)9(13)4-5-16/h2-3,6,9,11,13-14,16H,4-5,12H2,1H3. The number of aliphatic hydroxyl groups is 2. The van der Waals surface area contributed by atoms with E-state index in [1.54, 1.807) is 18.2 Å². The van der Waals surface area contributed by atoms with E-state index in [9.17, 15) is 10.2 Å². The summed E-state index contributed by atoms with van der Waals surface area (Å²) in [6.45, 7) is 0. The molecule has 0 bridgehead atoms. The average Bonchev–Trinajstić information content (AvgIpc) is 2.28. The highest BCUT2D eigenvalue weighted by atomic mass is 32.1. The van der Waals surface area contributed by atoms with Crippen molar-refractivity contribution in [3.05, 3.63) is 23.8 Å². The first kappa shape index (κ1) is 13.2. The van der Waals surface area contributed by atoms with Gasteiger partial charge >= 0.3 is 0 Å². The van der Waals surface area contributed by atoms with Crippen molar-refractivity contribution >= 4 is 18.3 Å². The summed E-state index contributed by atoms with van der Waals surface area (Å²) in [6, 6.07) is 4.95. The first-order chi connectivity index (χ1) is 7.60. The summed E-state index contributed by atoms with van der Waals surface area (Å²) in [7, 11) is 1.53. The second-order valence-electron chi connectivity index (χ2n) is 3.53. The largest absolute Gasteiger partial charge is 0.495 e. The molecule has 90 valence electrons. The van der Waals surface area contributed by atoms with E-state index in [4.69, 9.17) is 10.5 Å². The minimum Gasteiger partial charge on any atom is -0.495 e. The fraction of sp³-hybridized carbons (Fsp3) is 0.455. The van der Waals surface area contributed by atoms with Crippen LogP contribution in [0.2, 0.25) is 0 Å². The molecule has 5 heteroatoms. The molecule has 0 radical (unpaired) electrons. The van der Waals surface area contributed by atoms with Crippen molar-refractivity contribution < 1.29 is 14.9 Å². The molecule has 4 N–H and O–H groups in total. The van der Waals surface area contributed by atoms with Gasteiger partial charge in [0.05, 0.1) is 18.9 Å². The zero-order chi connectivity index (χ0) is 12.1. The quantitative estimate of drug-likeness (QED) is 0.459. The molecule has 0 aliphatic rings. The van der Waals surface area contributed by atoms with E-state index in [1.165, 1.54) is 7.11 Å². The van der Waals surface area contributed by atoms with Crippen LogP contribution in [0, 0.1) is 0 Å².